The van der Waals surface area contributed by atoms with E-state index in [1.165, 1.54) is 44.1 Å². The first kappa shape index (κ1) is 14.4. The predicted octanol–water partition coefficient (Wildman–Crippen LogP) is 3.94. The molecule has 2 heteroatoms. The number of ether oxygens (including phenoxy) is 1. The predicted molar refractivity (Wildman–Crippen MR) is 80.8 cm³/mol. The number of hydrogen-bond donors (Lipinski definition) is 1. The zero-order valence-corrected chi connectivity index (χ0v) is 12.2. The highest BCUT2D eigenvalue weighted by atomic mass is 16.5. The highest BCUT2D eigenvalue weighted by Crippen LogP contribution is 2.27. The third-order valence-electron chi connectivity index (χ3n) is 3.79. The number of benzene rings is 1. The smallest absolute Gasteiger partial charge is 0.123 e. The van der Waals surface area contributed by atoms with Crippen LogP contribution in [-0.2, 0) is 6.42 Å². The number of para-hydroxylation sites is 1. The van der Waals surface area contributed by atoms with Gasteiger partial charge in [0.2, 0.25) is 0 Å². The Morgan fingerprint density at radius 2 is 1.89 bits per heavy atom. The number of hydrogen-bond acceptors (Lipinski definition) is 2. The molecule has 1 aliphatic rings. The van der Waals surface area contributed by atoms with Crippen LogP contribution in [0.15, 0.2) is 24.3 Å². The SMILES string of the molecule is CCCCCCCCNCC1Cc2ccccc2O1. The molecule has 1 atom stereocenters. The van der Waals surface area contributed by atoms with E-state index in [2.05, 4.69) is 30.4 Å². The minimum Gasteiger partial charge on any atom is -0.488 e. The molecule has 106 valence electrons. The highest BCUT2D eigenvalue weighted by Gasteiger charge is 2.21. The summed E-state index contributed by atoms with van der Waals surface area (Å²) in [4.78, 5) is 0. The maximum atomic E-state index is 5.90. The average molecular weight is 261 g/mol. The van der Waals surface area contributed by atoms with Crippen LogP contribution in [0.1, 0.15) is 51.0 Å². The molecule has 1 aromatic carbocycles. The van der Waals surface area contributed by atoms with Crippen LogP contribution >= 0.6 is 0 Å². The van der Waals surface area contributed by atoms with E-state index in [1.807, 2.05) is 6.07 Å². The number of nitrogens with one attached hydrogen (secondary N) is 1. The Balaban J connectivity index is 1.49. The molecule has 1 N–H and O–H groups in total. The first-order valence-corrected chi connectivity index (χ1v) is 7.85. The van der Waals surface area contributed by atoms with Gasteiger partial charge in [0, 0.05) is 13.0 Å². The van der Waals surface area contributed by atoms with Crippen LogP contribution in [0.25, 0.3) is 0 Å². The normalized spacial score (nSPS) is 17.2. The van der Waals surface area contributed by atoms with Crippen molar-refractivity contribution >= 4 is 0 Å². The molecule has 1 heterocycles. The van der Waals surface area contributed by atoms with Gasteiger partial charge >= 0.3 is 0 Å². The molecule has 1 unspecified atom stereocenters. The number of fused-ring (bicyclic) bond motifs is 1. The van der Waals surface area contributed by atoms with Gasteiger partial charge in [-0.2, -0.15) is 0 Å². The molecule has 0 spiro atoms. The van der Waals surface area contributed by atoms with Crippen LogP contribution in [-0.4, -0.2) is 19.2 Å². The fraction of sp³-hybridized carbons (Fsp3) is 0.647. The molecule has 0 aromatic heterocycles. The van der Waals surface area contributed by atoms with Crippen molar-refractivity contribution in [2.24, 2.45) is 0 Å². The van der Waals surface area contributed by atoms with Crippen molar-refractivity contribution in [2.75, 3.05) is 13.1 Å². The van der Waals surface area contributed by atoms with Gasteiger partial charge in [-0.1, -0.05) is 57.2 Å². The van der Waals surface area contributed by atoms with Gasteiger partial charge in [0.1, 0.15) is 11.9 Å². The van der Waals surface area contributed by atoms with Crippen LogP contribution in [0.4, 0.5) is 0 Å². The molecule has 1 aromatic rings. The van der Waals surface area contributed by atoms with Crippen molar-refractivity contribution in [3.63, 3.8) is 0 Å². The van der Waals surface area contributed by atoms with Crippen molar-refractivity contribution < 1.29 is 4.74 Å². The van der Waals surface area contributed by atoms with Crippen molar-refractivity contribution in [3.8, 4) is 5.75 Å². The largest absolute Gasteiger partial charge is 0.488 e. The van der Waals surface area contributed by atoms with Crippen molar-refractivity contribution in [2.45, 2.75) is 58.0 Å². The lowest BCUT2D eigenvalue weighted by Crippen LogP contribution is -2.30. The van der Waals surface area contributed by atoms with Crippen molar-refractivity contribution in [3.05, 3.63) is 29.8 Å². The molecule has 0 saturated heterocycles. The Morgan fingerprint density at radius 1 is 1.11 bits per heavy atom. The summed E-state index contributed by atoms with van der Waals surface area (Å²) in [6.45, 7) is 4.37. The summed E-state index contributed by atoms with van der Waals surface area (Å²) in [5.74, 6) is 1.08. The lowest BCUT2D eigenvalue weighted by atomic mass is 10.1. The molecular formula is C17H27NO. The number of unbranched alkanes of at least 4 members (excludes halogenated alkanes) is 5. The van der Waals surface area contributed by atoms with E-state index in [1.54, 1.807) is 0 Å². The zero-order valence-electron chi connectivity index (χ0n) is 12.2. The third-order valence-corrected chi connectivity index (χ3v) is 3.79. The maximum Gasteiger partial charge on any atom is 0.123 e. The molecule has 0 radical (unpaired) electrons. The Bertz CT molecular complexity index is 339. The van der Waals surface area contributed by atoms with E-state index in [0.717, 1.165) is 25.3 Å². The first-order valence-electron chi connectivity index (χ1n) is 7.85. The minimum atomic E-state index is 0.331. The van der Waals surface area contributed by atoms with Gasteiger partial charge in [-0.3, -0.25) is 0 Å². The molecule has 0 fully saturated rings. The molecule has 1 aliphatic heterocycles. The van der Waals surface area contributed by atoms with E-state index >= 15 is 0 Å². The summed E-state index contributed by atoms with van der Waals surface area (Å²) in [5, 5.41) is 3.53. The highest BCUT2D eigenvalue weighted by molar-refractivity contribution is 5.37. The van der Waals surface area contributed by atoms with Gasteiger partial charge in [-0.15, -0.1) is 0 Å². The second kappa shape index (κ2) is 8.21. The van der Waals surface area contributed by atoms with Crippen LogP contribution < -0.4 is 10.1 Å². The zero-order chi connectivity index (χ0) is 13.3. The van der Waals surface area contributed by atoms with E-state index in [0.29, 0.717) is 6.10 Å². The van der Waals surface area contributed by atoms with E-state index in [-0.39, 0.29) is 0 Å². The molecule has 0 aliphatic carbocycles. The van der Waals surface area contributed by atoms with Crippen molar-refractivity contribution in [1.29, 1.82) is 0 Å². The second-order valence-electron chi connectivity index (χ2n) is 5.52. The minimum absolute atomic E-state index is 0.331. The van der Waals surface area contributed by atoms with Gasteiger partial charge < -0.3 is 10.1 Å². The topological polar surface area (TPSA) is 21.3 Å². The molecule has 2 rings (SSSR count). The Labute approximate surface area is 117 Å². The summed E-state index contributed by atoms with van der Waals surface area (Å²) in [7, 11) is 0. The van der Waals surface area contributed by atoms with Gasteiger partial charge in [0.05, 0.1) is 0 Å². The van der Waals surface area contributed by atoms with Gasteiger partial charge in [0.25, 0.3) is 0 Å². The molecule has 19 heavy (non-hydrogen) atoms. The second-order valence-corrected chi connectivity index (χ2v) is 5.52. The lowest BCUT2D eigenvalue weighted by molar-refractivity contribution is 0.227. The Kier molecular flexibility index (Phi) is 6.22. The van der Waals surface area contributed by atoms with Gasteiger partial charge in [0.15, 0.2) is 0 Å². The van der Waals surface area contributed by atoms with Gasteiger partial charge in [-0.25, -0.2) is 0 Å². The average Bonchev–Trinajstić information content (AvgIpc) is 2.84. The lowest BCUT2D eigenvalue weighted by Gasteiger charge is -2.11. The van der Waals surface area contributed by atoms with Crippen LogP contribution in [0.5, 0.6) is 5.75 Å². The summed E-state index contributed by atoms with van der Waals surface area (Å²) >= 11 is 0. The summed E-state index contributed by atoms with van der Waals surface area (Å²) in [6.07, 6.45) is 9.55. The van der Waals surface area contributed by atoms with E-state index < -0.39 is 0 Å². The maximum absolute atomic E-state index is 5.90. The Morgan fingerprint density at radius 3 is 2.74 bits per heavy atom. The molecule has 2 nitrogen and oxygen atoms in total. The molecule has 0 amide bonds. The quantitative estimate of drug-likeness (QED) is 0.680. The summed E-state index contributed by atoms with van der Waals surface area (Å²) in [6, 6.07) is 8.38. The Hall–Kier alpha value is -1.02. The summed E-state index contributed by atoms with van der Waals surface area (Å²) in [5.41, 5.74) is 1.36. The van der Waals surface area contributed by atoms with E-state index in [9.17, 15) is 0 Å². The fourth-order valence-corrected chi connectivity index (χ4v) is 2.66. The van der Waals surface area contributed by atoms with Crippen molar-refractivity contribution in [1.82, 2.24) is 5.32 Å². The summed E-state index contributed by atoms with van der Waals surface area (Å²) < 4.78 is 5.90. The molecule has 0 bridgehead atoms. The van der Waals surface area contributed by atoms with Gasteiger partial charge in [-0.05, 0) is 24.6 Å². The standard InChI is InChI=1S/C17H27NO/c1-2-3-4-5-6-9-12-18-14-16-13-15-10-7-8-11-17(15)19-16/h7-8,10-11,16,18H,2-6,9,12-14H2,1H3. The van der Waals surface area contributed by atoms with Crippen LogP contribution in [0.2, 0.25) is 0 Å². The van der Waals surface area contributed by atoms with Crippen LogP contribution in [0.3, 0.4) is 0 Å². The first-order chi connectivity index (χ1) is 9.40. The monoisotopic (exact) mass is 261 g/mol. The van der Waals surface area contributed by atoms with E-state index in [4.69, 9.17) is 4.74 Å². The number of rotatable bonds is 9. The van der Waals surface area contributed by atoms with Crippen LogP contribution in [0, 0.1) is 0 Å². The third kappa shape index (κ3) is 4.87. The molecule has 0 saturated carbocycles. The molecular weight excluding hydrogens is 234 g/mol. The fourth-order valence-electron chi connectivity index (χ4n) is 2.66.